The van der Waals surface area contributed by atoms with Crippen LogP contribution in [0.5, 0.6) is 0 Å². The molecule has 1 aromatic heterocycles. The van der Waals surface area contributed by atoms with Crippen molar-refractivity contribution in [2.45, 2.75) is 17.6 Å². The molecular formula is C12H10ClNO5S. The Balaban J connectivity index is 2.35. The molecule has 0 unspecified atom stereocenters. The largest absolute Gasteiger partial charge is 0.478 e. The van der Waals surface area contributed by atoms with Gasteiger partial charge in [-0.2, -0.15) is 0 Å². The number of halogens is 1. The van der Waals surface area contributed by atoms with Crippen molar-refractivity contribution in [2.75, 3.05) is 0 Å². The number of sulfone groups is 1. The van der Waals surface area contributed by atoms with Gasteiger partial charge in [-0.3, -0.25) is 0 Å². The third kappa shape index (κ3) is 3.00. The highest BCUT2D eigenvalue weighted by Crippen LogP contribution is 2.23. The molecule has 0 atom stereocenters. The molecule has 1 aromatic carbocycles. The molecule has 1 N–H and O–H groups in total. The van der Waals surface area contributed by atoms with Crippen LogP contribution in [0.4, 0.5) is 0 Å². The summed E-state index contributed by atoms with van der Waals surface area (Å²) in [6.07, 6.45) is 0. The third-order valence-electron chi connectivity index (χ3n) is 2.54. The Morgan fingerprint density at radius 3 is 2.60 bits per heavy atom. The number of aryl methyl sites for hydroxylation is 1. The summed E-state index contributed by atoms with van der Waals surface area (Å²) < 4.78 is 29.2. The van der Waals surface area contributed by atoms with E-state index < -0.39 is 15.8 Å². The fraction of sp³-hybridized carbons (Fsp3) is 0.167. The molecule has 2 aromatic rings. The number of aromatic nitrogens is 1. The summed E-state index contributed by atoms with van der Waals surface area (Å²) in [5.74, 6) is -1.37. The zero-order valence-electron chi connectivity index (χ0n) is 10.3. The van der Waals surface area contributed by atoms with E-state index in [9.17, 15) is 13.2 Å². The van der Waals surface area contributed by atoms with Crippen molar-refractivity contribution < 1.29 is 22.8 Å². The van der Waals surface area contributed by atoms with Gasteiger partial charge in [0.15, 0.2) is 15.6 Å². The second kappa shape index (κ2) is 5.26. The van der Waals surface area contributed by atoms with Crippen LogP contribution in [0.15, 0.2) is 33.7 Å². The summed E-state index contributed by atoms with van der Waals surface area (Å²) in [4.78, 5) is 10.8. The van der Waals surface area contributed by atoms with E-state index in [1.165, 1.54) is 12.1 Å². The van der Waals surface area contributed by atoms with Crippen molar-refractivity contribution in [3.05, 3.63) is 46.3 Å². The monoisotopic (exact) mass is 315 g/mol. The highest BCUT2D eigenvalue weighted by Gasteiger charge is 2.20. The Morgan fingerprint density at radius 2 is 2.10 bits per heavy atom. The van der Waals surface area contributed by atoms with Crippen molar-refractivity contribution in [3.8, 4) is 0 Å². The summed E-state index contributed by atoms with van der Waals surface area (Å²) in [6, 6.07) is 4.99. The van der Waals surface area contributed by atoms with E-state index in [0.29, 0.717) is 5.69 Å². The van der Waals surface area contributed by atoms with Gasteiger partial charge in [0.1, 0.15) is 5.75 Å². The predicted molar refractivity (Wildman–Crippen MR) is 70.5 cm³/mol. The van der Waals surface area contributed by atoms with Gasteiger partial charge in [-0.25, -0.2) is 13.2 Å². The summed E-state index contributed by atoms with van der Waals surface area (Å²) in [5.41, 5.74) is 0.426. The molecule has 0 saturated heterocycles. The minimum atomic E-state index is -3.68. The van der Waals surface area contributed by atoms with Gasteiger partial charge in [0.05, 0.1) is 21.2 Å². The molecule has 0 aliphatic heterocycles. The zero-order valence-corrected chi connectivity index (χ0v) is 11.9. The number of carboxylic acid groups (broad SMARTS) is 1. The van der Waals surface area contributed by atoms with Gasteiger partial charge >= 0.3 is 5.97 Å². The molecule has 0 bridgehead atoms. The average Bonchev–Trinajstić information content (AvgIpc) is 2.73. The number of hydrogen-bond donors (Lipinski definition) is 1. The standard InChI is InChI=1S/C12H10ClNO5S/c1-7-4-8(19-14-7)6-20(17,18)9-2-3-10(12(15)16)11(13)5-9/h2-5H,6H2,1H3,(H,15,16). The van der Waals surface area contributed by atoms with Gasteiger partial charge in [-0.05, 0) is 25.1 Å². The number of benzene rings is 1. The van der Waals surface area contributed by atoms with Crippen LogP contribution in [0.1, 0.15) is 21.8 Å². The number of carboxylic acids is 1. The molecule has 6 nitrogen and oxygen atoms in total. The Hall–Kier alpha value is -1.86. The lowest BCUT2D eigenvalue weighted by atomic mass is 10.2. The van der Waals surface area contributed by atoms with Crippen molar-refractivity contribution in [1.82, 2.24) is 5.16 Å². The highest BCUT2D eigenvalue weighted by molar-refractivity contribution is 7.90. The Morgan fingerprint density at radius 1 is 1.40 bits per heavy atom. The second-order valence-electron chi connectivity index (χ2n) is 4.14. The normalized spacial score (nSPS) is 11.5. The zero-order chi connectivity index (χ0) is 14.9. The van der Waals surface area contributed by atoms with E-state index >= 15 is 0 Å². The van der Waals surface area contributed by atoms with Gasteiger partial charge in [0.25, 0.3) is 0 Å². The molecule has 106 valence electrons. The van der Waals surface area contributed by atoms with Crippen LogP contribution in [0.2, 0.25) is 5.02 Å². The Kier molecular flexibility index (Phi) is 3.82. The molecule has 0 fully saturated rings. The van der Waals surface area contributed by atoms with Crippen molar-refractivity contribution >= 4 is 27.4 Å². The summed E-state index contributed by atoms with van der Waals surface area (Å²) >= 11 is 5.76. The maximum absolute atomic E-state index is 12.2. The van der Waals surface area contributed by atoms with Gasteiger partial charge < -0.3 is 9.63 Å². The molecule has 20 heavy (non-hydrogen) atoms. The topological polar surface area (TPSA) is 97.5 Å². The second-order valence-corrected chi connectivity index (χ2v) is 6.54. The van der Waals surface area contributed by atoms with Crippen LogP contribution in [0.3, 0.4) is 0 Å². The number of carbonyl (C=O) groups is 1. The number of aromatic carboxylic acids is 1. The SMILES string of the molecule is Cc1cc(CS(=O)(=O)c2ccc(C(=O)O)c(Cl)c2)on1. The van der Waals surface area contributed by atoms with Crippen LogP contribution in [-0.2, 0) is 15.6 Å². The van der Waals surface area contributed by atoms with Gasteiger partial charge in [-0.1, -0.05) is 16.8 Å². The fourth-order valence-electron chi connectivity index (χ4n) is 1.62. The van der Waals surface area contributed by atoms with E-state index in [2.05, 4.69) is 5.16 Å². The third-order valence-corrected chi connectivity index (χ3v) is 4.49. The molecule has 0 aliphatic rings. The van der Waals surface area contributed by atoms with Crippen LogP contribution in [0, 0.1) is 6.92 Å². The van der Waals surface area contributed by atoms with Crippen LogP contribution in [0.25, 0.3) is 0 Å². The minimum Gasteiger partial charge on any atom is -0.478 e. The average molecular weight is 316 g/mol. The van der Waals surface area contributed by atoms with Gasteiger partial charge in [-0.15, -0.1) is 0 Å². The minimum absolute atomic E-state index is 0.0680. The first-order valence-electron chi connectivity index (χ1n) is 5.47. The number of rotatable bonds is 4. The molecule has 0 radical (unpaired) electrons. The molecule has 0 amide bonds. The molecule has 0 spiro atoms. The molecule has 2 rings (SSSR count). The van der Waals surface area contributed by atoms with Crippen molar-refractivity contribution in [1.29, 1.82) is 0 Å². The van der Waals surface area contributed by atoms with Crippen LogP contribution in [-0.4, -0.2) is 24.7 Å². The van der Waals surface area contributed by atoms with E-state index in [1.807, 2.05) is 0 Å². The lowest BCUT2D eigenvalue weighted by molar-refractivity contribution is 0.0697. The van der Waals surface area contributed by atoms with Gasteiger partial charge in [0, 0.05) is 6.07 Å². The molecule has 0 aliphatic carbocycles. The summed E-state index contributed by atoms with van der Waals surface area (Å²) in [6.45, 7) is 1.68. The summed E-state index contributed by atoms with van der Waals surface area (Å²) in [7, 11) is -3.68. The van der Waals surface area contributed by atoms with E-state index in [0.717, 1.165) is 12.1 Å². The van der Waals surface area contributed by atoms with Crippen LogP contribution >= 0.6 is 11.6 Å². The van der Waals surface area contributed by atoms with E-state index in [-0.39, 0.29) is 27.0 Å². The molecule has 0 saturated carbocycles. The lowest BCUT2D eigenvalue weighted by Crippen LogP contribution is -2.06. The first-order chi connectivity index (χ1) is 9.29. The number of hydrogen-bond acceptors (Lipinski definition) is 5. The Labute approximate surface area is 119 Å². The summed E-state index contributed by atoms with van der Waals surface area (Å²) in [5, 5.41) is 12.3. The maximum Gasteiger partial charge on any atom is 0.337 e. The van der Waals surface area contributed by atoms with Crippen molar-refractivity contribution in [2.24, 2.45) is 0 Å². The van der Waals surface area contributed by atoms with E-state index in [1.54, 1.807) is 6.92 Å². The smallest absolute Gasteiger partial charge is 0.337 e. The maximum atomic E-state index is 12.2. The quantitative estimate of drug-likeness (QED) is 0.929. The van der Waals surface area contributed by atoms with Crippen LogP contribution < -0.4 is 0 Å². The predicted octanol–water partition coefficient (Wildman–Crippen LogP) is 2.31. The highest BCUT2D eigenvalue weighted by atomic mass is 35.5. The number of nitrogens with zero attached hydrogens (tertiary/aromatic N) is 1. The van der Waals surface area contributed by atoms with Crippen molar-refractivity contribution in [3.63, 3.8) is 0 Å². The fourth-order valence-corrected chi connectivity index (χ4v) is 3.19. The molecule has 1 heterocycles. The Bertz CT molecular complexity index is 766. The first-order valence-corrected chi connectivity index (χ1v) is 7.50. The lowest BCUT2D eigenvalue weighted by Gasteiger charge is -2.04. The first kappa shape index (κ1) is 14.5. The molecule has 8 heteroatoms. The van der Waals surface area contributed by atoms with Gasteiger partial charge in [0.2, 0.25) is 0 Å². The van der Waals surface area contributed by atoms with E-state index in [4.69, 9.17) is 21.2 Å². The molecular weight excluding hydrogens is 306 g/mol.